The highest BCUT2D eigenvalue weighted by atomic mass is 16.3. The van der Waals surface area contributed by atoms with Gasteiger partial charge < -0.3 is 15.9 Å². The molecule has 0 aromatic carbocycles. The monoisotopic (exact) mass is 200 g/mol. The van der Waals surface area contributed by atoms with Crippen LogP contribution in [0, 0.1) is 6.92 Å². The molecule has 0 aliphatic heterocycles. The van der Waals surface area contributed by atoms with E-state index in [0.717, 1.165) is 0 Å². The van der Waals surface area contributed by atoms with Crippen LogP contribution < -0.4 is 5.73 Å². The molecule has 14 heavy (non-hydrogen) atoms. The van der Waals surface area contributed by atoms with Gasteiger partial charge in [-0.25, -0.2) is 4.68 Å². The number of hydrogen-bond donors (Lipinski definition) is 3. The van der Waals surface area contributed by atoms with Crippen molar-refractivity contribution in [1.82, 2.24) is 15.0 Å². The molecule has 1 unspecified atom stereocenters. The standard InChI is InChI=1S/C7H12N4O3/c1-4-6(7(8)14)9-10-11(4)2-5(13)3-12/h5,12-13H,2-3H2,1H3,(H2,8,14). The van der Waals surface area contributed by atoms with Crippen molar-refractivity contribution in [2.45, 2.75) is 19.6 Å². The van der Waals surface area contributed by atoms with Crippen LogP contribution in [0.1, 0.15) is 16.2 Å². The Balaban J connectivity index is 2.84. The number of carbonyl (C=O) groups excluding carboxylic acids is 1. The molecule has 1 rings (SSSR count). The Morgan fingerprint density at radius 1 is 1.71 bits per heavy atom. The van der Waals surface area contributed by atoms with Crippen molar-refractivity contribution in [3.8, 4) is 0 Å². The first-order valence-corrected chi connectivity index (χ1v) is 4.05. The number of aliphatic hydroxyl groups is 2. The van der Waals surface area contributed by atoms with Gasteiger partial charge in [-0.05, 0) is 6.92 Å². The number of primary amides is 1. The Morgan fingerprint density at radius 3 is 2.79 bits per heavy atom. The van der Waals surface area contributed by atoms with Crippen molar-refractivity contribution in [3.05, 3.63) is 11.4 Å². The first kappa shape index (κ1) is 10.6. The van der Waals surface area contributed by atoms with Crippen LogP contribution in [0.15, 0.2) is 0 Å². The Kier molecular flexibility index (Phi) is 3.15. The van der Waals surface area contributed by atoms with E-state index in [-0.39, 0.29) is 18.8 Å². The van der Waals surface area contributed by atoms with Crippen LogP contribution in [0.25, 0.3) is 0 Å². The summed E-state index contributed by atoms with van der Waals surface area (Å²) in [6.07, 6.45) is -0.920. The van der Waals surface area contributed by atoms with E-state index in [2.05, 4.69) is 10.3 Å². The minimum atomic E-state index is -0.920. The minimum Gasteiger partial charge on any atom is -0.394 e. The van der Waals surface area contributed by atoms with Gasteiger partial charge >= 0.3 is 0 Å². The third-order valence-corrected chi connectivity index (χ3v) is 1.81. The van der Waals surface area contributed by atoms with Crippen molar-refractivity contribution in [2.75, 3.05) is 6.61 Å². The first-order chi connectivity index (χ1) is 6.56. The van der Waals surface area contributed by atoms with Crippen LogP contribution >= 0.6 is 0 Å². The number of carbonyl (C=O) groups is 1. The average molecular weight is 200 g/mol. The van der Waals surface area contributed by atoms with E-state index in [0.29, 0.717) is 5.69 Å². The second-order valence-electron chi connectivity index (χ2n) is 2.91. The van der Waals surface area contributed by atoms with E-state index in [1.165, 1.54) is 4.68 Å². The van der Waals surface area contributed by atoms with Crippen molar-refractivity contribution in [3.63, 3.8) is 0 Å². The molecule has 0 saturated carbocycles. The number of nitrogens with zero attached hydrogens (tertiary/aromatic N) is 3. The van der Waals surface area contributed by atoms with Crippen LogP contribution in [0.4, 0.5) is 0 Å². The van der Waals surface area contributed by atoms with E-state index in [4.69, 9.17) is 15.9 Å². The molecule has 0 spiro atoms. The number of rotatable bonds is 4. The molecule has 0 radical (unpaired) electrons. The first-order valence-electron chi connectivity index (χ1n) is 4.05. The molecule has 1 amide bonds. The van der Waals surface area contributed by atoms with Crippen LogP contribution in [0.2, 0.25) is 0 Å². The Hall–Kier alpha value is -1.47. The van der Waals surface area contributed by atoms with E-state index in [1.54, 1.807) is 6.92 Å². The van der Waals surface area contributed by atoms with Gasteiger partial charge in [-0.15, -0.1) is 5.10 Å². The van der Waals surface area contributed by atoms with Crippen molar-refractivity contribution in [2.24, 2.45) is 5.73 Å². The summed E-state index contributed by atoms with van der Waals surface area (Å²) in [7, 11) is 0. The molecule has 0 bridgehead atoms. The molecule has 7 nitrogen and oxygen atoms in total. The summed E-state index contributed by atoms with van der Waals surface area (Å²) < 4.78 is 1.32. The van der Waals surface area contributed by atoms with E-state index in [9.17, 15) is 4.79 Å². The highest BCUT2D eigenvalue weighted by molar-refractivity contribution is 5.91. The maximum Gasteiger partial charge on any atom is 0.271 e. The summed E-state index contributed by atoms with van der Waals surface area (Å²) in [5.74, 6) is -0.660. The lowest BCUT2D eigenvalue weighted by atomic mass is 10.3. The number of aromatic nitrogens is 3. The molecule has 1 aromatic heterocycles. The summed E-state index contributed by atoms with van der Waals surface area (Å²) >= 11 is 0. The lowest BCUT2D eigenvalue weighted by Gasteiger charge is -2.07. The maximum atomic E-state index is 10.8. The molecule has 1 heterocycles. The molecule has 4 N–H and O–H groups in total. The van der Waals surface area contributed by atoms with E-state index >= 15 is 0 Å². The van der Waals surface area contributed by atoms with Gasteiger partial charge in [0.25, 0.3) is 5.91 Å². The third-order valence-electron chi connectivity index (χ3n) is 1.81. The maximum absolute atomic E-state index is 10.8. The van der Waals surface area contributed by atoms with E-state index in [1.807, 2.05) is 0 Å². The van der Waals surface area contributed by atoms with Crippen molar-refractivity contribution >= 4 is 5.91 Å². The van der Waals surface area contributed by atoms with Crippen LogP contribution in [0.3, 0.4) is 0 Å². The highest BCUT2D eigenvalue weighted by Gasteiger charge is 2.14. The summed E-state index contributed by atoms with van der Waals surface area (Å²) in [4.78, 5) is 10.8. The van der Waals surface area contributed by atoms with Gasteiger partial charge in [-0.3, -0.25) is 4.79 Å². The molecule has 7 heteroatoms. The summed E-state index contributed by atoms with van der Waals surface area (Å²) in [6, 6.07) is 0. The van der Waals surface area contributed by atoms with E-state index < -0.39 is 12.0 Å². The number of aliphatic hydroxyl groups excluding tert-OH is 2. The molecule has 78 valence electrons. The van der Waals surface area contributed by atoms with Gasteiger partial charge in [0.2, 0.25) is 0 Å². The van der Waals surface area contributed by atoms with Crippen molar-refractivity contribution < 1.29 is 15.0 Å². The zero-order chi connectivity index (χ0) is 10.7. The Morgan fingerprint density at radius 2 is 2.36 bits per heavy atom. The second kappa shape index (κ2) is 4.16. The minimum absolute atomic E-state index is 0.0788. The molecular formula is C7H12N4O3. The Bertz CT molecular complexity index is 336. The smallest absolute Gasteiger partial charge is 0.271 e. The molecule has 0 aliphatic rings. The number of hydrogen-bond acceptors (Lipinski definition) is 5. The SMILES string of the molecule is Cc1c(C(N)=O)nnn1CC(O)CO. The number of amides is 1. The van der Waals surface area contributed by atoms with Gasteiger partial charge in [0.05, 0.1) is 24.9 Å². The zero-order valence-electron chi connectivity index (χ0n) is 7.71. The summed E-state index contributed by atoms with van der Waals surface area (Å²) in [6.45, 7) is 1.33. The summed E-state index contributed by atoms with van der Waals surface area (Å²) in [5.41, 5.74) is 5.58. The third kappa shape index (κ3) is 2.06. The predicted octanol–water partition coefficient (Wildman–Crippen LogP) is -1.96. The average Bonchev–Trinajstić information content (AvgIpc) is 2.48. The van der Waals surface area contributed by atoms with Gasteiger partial charge in [-0.2, -0.15) is 0 Å². The fourth-order valence-corrected chi connectivity index (χ4v) is 1.02. The summed E-state index contributed by atoms with van der Waals surface area (Å²) in [5, 5.41) is 24.9. The Labute approximate surface area is 80.1 Å². The molecule has 0 fully saturated rings. The molecular weight excluding hydrogens is 188 g/mol. The van der Waals surface area contributed by atoms with Crippen LogP contribution in [-0.4, -0.2) is 43.8 Å². The van der Waals surface area contributed by atoms with Crippen LogP contribution in [-0.2, 0) is 6.54 Å². The quantitative estimate of drug-likeness (QED) is 0.522. The zero-order valence-corrected chi connectivity index (χ0v) is 7.71. The molecule has 1 atom stereocenters. The number of nitrogens with two attached hydrogens (primary N) is 1. The molecule has 1 aromatic rings. The van der Waals surface area contributed by atoms with Gasteiger partial charge in [0.1, 0.15) is 0 Å². The van der Waals surface area contributed by atoms with Crippen molar-refractivity contribution in [1.29, 1.82) is 0 Å². The van der Waals surface area contributed by atoms with Gasteiger partial charge in [-0.1, -0.05) is 5.21 Å². The lowest BCUT2D eigenvalue weighted by Crippen LogP contribution is -2.22. The molecule has 0 saturated heterocycles. The largest absolute Gasteiger partial charge is 0.394 e. The van der Waals surface area contributed by atoms with Gasteiger partial charge in [0.15, 0.2) is 5.69 Å². The molecule has 0 aliphatic carbocycles. The predicted molar refractivity (Wildman–Crippen MR) is 46.4 cm³/mol. The topological polar surface area (TPSA) is 114 Å². The fourth-order valence-electron chi connectivity index (χ4n) is 1.02. The van der Waals surface area contributed by atoms with Crippen LogP contribution in [0.5, 0.6) is 0 Å². The lowest BCUT2D eigenvalue weighted by molar-refractivity contribution is 0.0772. The fraction of sp³-hybridized carbons (Fsp3) is 0.571. The van der Waals surface area contributed by atoms with Gasteiger partial charge in [0, 0.05) is 0 Å². The second-order valence-corrected chi connectivity index (χ2v) is 2.91. The normalized spacial score (nSPS) is 12.8. The highest BCUT2D eigenvalue weighted by Crippen LogP contribution is 2.03.